The van der Waals surface area contributed by atoms with Crippen molar-refractivity contribution in [2.75, 3.05) is 6.67 Å². The van der Waals surface area contributed by atoms with Gasteiger partial charge >= 0.3 is 0 Å². The predicted octanol–water partition coefficient (Wildman–Crippen LogP) is 4.08. The van der Waals surface area contributed by atoms with Crippen LogP contribution in [0.3, 0.4) is 0 Å². The third kappa shape index (κ3) is 2.46. The summed E-state index contributed by atoms with van der Waals surface area (Å²) in [5.74, 6) is -0.517. The number of benzene rings is 1. The number of alkyl halides is 3. The molecule has 0 heterocycles. The van der Waals surface area contributed by atoms with Crippen molar-refractivity contribution in [2.45, 2.75) is 4.33 Å². The molecule has 0 aliphatic carbocycles. The first-order valence-corrected chi connectivity index (χ1v) is 4.50. The summed E-state index contributed by atoms with van der Waals surface area (Å²) < 4.78 is 23.2. The normalized spacial score (nSPS) is 11.8. The Bertz CT molecular complexity index is 312. The largest absolute Gasteiger partial charge is 0.247 e. The number of hydrogen-bond donors (Lipinski definition) is 0. The van der Waals surface area contributed by atoms with Gasteiger partial charge in [0, 0.05) is 10.6 Å². The molecule has 0 atom stereocenters. The van der Waals surface area contributed by atoms with Gasteiger partial charge in [-0.05, 0) is 12.1 Å². The fourth-order valence-electron chi connectivity index (χ4n) is 0.858. The first kappa shape index (κ1) is 11.0. The molecule has 0 bridgehead atoms. The Balaban J connectivity index is 3.16. The smallest absolute Gasteiger partial charge is 0.172 e. The molecule has 0 fully saturated rings. The maximum Gasteiger partial charge on any atom is 0.172 e. The quantitative estimate of drug-likeness (QED) is 0.689. The van der Waals surface area contributed by atoms with Crippen LogP contribution in [-0.2, 0) is 4.33 Å². The van der Waals surface area contributed by atoms with Gasteiger partial charge in [0.25, 0.3) is 0 Å². The summed E-state index contributed by atoms with van der Waals surface area (Å²) in [6.45, 7) is -0.985. The Morgan fingerprint density at radius 3 is 2.38 bits per heavy atom. The Labute approximate surface area is 89.4 Å². The van der Waals surface area contributed by atoms with Gasteiger partial charge < -0.3 is 0 Å². The van der Waals surface area contributed by atoms with Gasteiger partial charge in [-0.2, -0.15) is 0 Å². The van der Waals surface area contributed by atoms with Crippen LogP contribution in [-0.4, -0.2) is 6.67 Å². The summed E-state index contributed by atoms with van der Waals surface area (Å²) in [5, 5.41) is 0.0163. The molecule has 5 heteroatoms. The van der Waals surface area contributed by atoms with Crippen molar-refractivity contribution in [3.63, 3.8) is 0 Å². The molecule has 0 aliphatic rings. The fraction of sp³-hybridized carbons (Fsp3) is 0.250. The zero-order valence-corrected chi connectivity index (χ0v) is 8.60. The average molecular weight is 245 g/mol. The van der Waals surface area contributed by atoms with E-state index in [0.29, 0.717) is 0 Å². The van der Waals surface area contributed by atoms with E-state index < -0.39 is 16.8 Å². The Morgan fingerprint density at radius 1 is 1.31 bits per heavy atom. The van der Waals surface area contributed by atoms with Crippen LogP contribution in [0.25, 0.3) is 0 Å². The summed E-state index contributed by atoms with van der Waals surface area (Å²) in [5.41, 5.74) is 0.168. The predicted molar refractivity (Wildman–Crippen MR) is 50.8 cm³/mol. The number of halogens is 5. The summed E-state index contributed by atoms with van der Waals surface area (Å²) in [4.78, 5) is 0. The second kappa shape index (κ2) is 3.99. The topological polar surface area (TPSA) is 0 Å². The highest BCUT2D eigenvalue weighted by molar-refractivity contribution is 6.49. The molecule has 13 heavy (non-hydrogen) atoms. The molecule has 0 aliphatic heterocycles. The van der Waals surface area contributed by atoms with E-state index in [9.17, 15) is 8.78 Å². The van der Waals surface area contributed by atoms with Crippen molar-refractivity contribution in [3.8, 4) is 0 Å². The maximum atomic E-state index is 12.6. The molecule has 1 aromatic rings. The molecule has 0 spiro atoms. The molecule has 1 aromatic carbocycles. The number of rotatable bonds is 2. The molecule has 72 valence electrons. The van der Waals surface area contributed by atoms with Crippen LogP contribution in [0, 0.1) is 5.82 Å². The van der Waals surface area contributed by atoms with Crippen molar-refractivity contribution in [1.82, 2.24) is 0 Å². The van der Waals surface area contributed by atoms with E-state index in [-0.39, 0.29) is 10.6 Å². The lowest BCUT2D eigenvalue weighted by Gasteiger charge is -2.16. The zero-order valence-electron chi connectivity index (χ0n) is 6.33. The molecule has 0 nitrogen and oxygen atoms in total. The highest BCUT2D eigenvalue weighted by Crippen LogP contribution is 2.38. The van der Waals surface area contributed by atoms with E-state index in [0.717, 1.165) is 12.1 Å². The summed E-state index contributed by atoms with van der Waals surface area (Å²) in [6, 6.07) is 3.42. The van der Waals surface area contributed by atoms with Crippen LogP contribution in [0.4, 0.5) is 8.78 Å². The SMILES string of the molecule is FCC(Cl)(Cl)c1ccc(F)cc1Cl. The molecule has 0 radical (unpaired) electrons. The van der Waals surface area contributed by atoms with Crippen LogP contribution < -0.4 is 0 Å². The maximum absolute atomic E-state index is 12.6. The average Bonchev–Trinajstić information content (AvgIpc) is 2.03. The van der Waals surface area contributed by atoms with E-state index in [1.807, 2.05) is 0 Å². The number of hydrogen-bond acceptors (Lipinski definition) is 0. The van der Waals surface area contributed by atoms with Crippen molar-refractivity contribution in [3.05, 3.63) is 34.6 Å². The van der Waals surface area contributed by atoms with E-state index in [1.165, 1.54) is 6.07 Å². The third-order valence-electron chi connectivity index (χ3n) is 1.49. The zero-order chi connectivity index (χ0) is 10.1. The van der Waals surface area contributed by atoms with E-state index >= 15 is 0 Å². The standard InChI is InChI=1S/C8H5Cl3F2/c9-7-3-5(13)1-2-6(7)8(10,11)4-12/h1-3H,4H2. The Kier molecular flexibility index (Phi) is 3.38. The van der Waals surface area contributed by atoms with Gasteiger partial charge in [-0.1, -0.05) is 40.9 Å². The van der Waals surface area contributed by atoms with Crippen LogP contribution in [0.15, 0.2) is 18.2 Å². The Hall–Kier alpha value is -0.0500. The molecular weight excluding hydrogens is 240 g/mol. The molecule has 0 saturated carbocycles. The fourth-order valence-corrected chi connectivity index (χ4v) is 1.61. The Morgan fingerprint density at radius 2 is 1.92 bits per heavy atom. The lowest BCUT2D eigenvalue weighted by molar-refractivity contribution is 0.463. The molecular formula is C8H5Cl3F2. The van der Waals surface area contributed by atoms with Gasteiger partial charge in [0.1, 0.15) is 12.5 Å². The summed E-state index contributed by atoms with van der Waals surface area (Å²) in [6.07, 6.45) is 0. The lowest BCUT2D eigenvalue weighted by Crippen LogP contribution is -2.13. The second-order valence-corrected chi connectivity index (χ2v) is 4.35. The van der Waals surface area contributed by atoms with Crippen LogP contribution in [0.1, 0.15) is 5.56 Å². The third-order valence-corrected chi connectivity index (χ3v) is 2.41. The van der Waals surface area contributed by atoms with Gasteiger partial charge in [0.2, 0.25) is 0 Å². The van der Waals surface area contributed by atoms with Crippen molar-refractivity contribution in [2.24, 2.45) is 0 Å². The molecule has 0 unspecified atom stereocenters. The van der Waals surface area contributed by atoms with E-state index in [2.05, 4.69) is 0 Å². The van der Waals surface area contributed by atoms with E-state index in [1.54, 1.807) is 0 Å². The van der Waals surface area contributed by atoms with Crippen molar-refractivity contribution in [1.29, 1.82) is 0 Å². The molecule has 0 aromatic heterocycles. The van der Waals surface area contributed by atoms with E-state index in [4.69, 9.17) is 34.8 Å². The van der Waals surface area contributed by atoms with Crippen LogP contribution in [0.5, 0.6) is 0 Å². The highest BCUT2D eigenvalue weighted by atomic mass is 35.5. The van der Waals surface area contributed by atoms with Gasteiger partial charge in [-0.15, -0.1) is 0 Å². The van der Waals surface area contributed by atoms with Crippen molar-refractivity contribution < 1.29 is 8.78 Å². The molecule has 0 saturated heterocycles. The monoisotopic (exact) mass is 244 g/mol. The molecule has 0 amide bonds. The first-order valence-electron chi connectivity index (χ1n) is 3.36. The first-order chi connectivity index (χ1) is 5.97. The van der Waals surface area contributed by atoms with Gasteiger partial charge in [-0.25, -0.2) is 8.78 Å². The van der Waals surface area contributed by atoms with Gasteiger partial charge in [0.05, 0.1) is 0 Å². The highest BCUT2D eigenvalue weighted by Gasteiger charge is 2.29. The molecule has 1 rings (SSSR count). The van der Waals surface area contributed by atoms with Gasteiger partial charge in [0.15, 0.2) is 4.33 Å². The summed E-state index contributed by atoms with van der Waals surface area (Å²) >= 11 is 16.8. The molecule has 0 N–H and O–H groups in total. The minimum atomic E-state index is -1.70. The van der Waals surface area contributed by atoms with Gasteiger partial charge in [-0.3, -0.25) is 0 Å². The van der Waals surface area contributed by atoms with Crippen molar-refractivity contribution >= 4 is 34.8 Å². The lowest BCUT2D eigenvalue weighted by atomic mass is 10.1. The van der Waals surface area contributed by atoms with Crippen LogP contribution in [0.2, 0.25) is 5.02 Å². The van der Waals surface area contributed by atoms with Crippen LogP contribution >= 0.6 is 34.8 Å². The second-order valence-electron chi connectivity index (χ2n) is 2.46. The minimum Gasteiger partial charge on any atom is -0.247 e. The minimum absolute atomic E-state index is 0.0163. The summed E-state index contributed by atoms with van der Waals surface area (Å²) in [7, 11) is 0.